The number of esters is 1. The number of carboxylic acids is 1. The lowest BCUT2D eigenvalue weighted by Gasteiger charge is -2.41. The van der Waals surface area contributed by atoms with E-state index in [0.717, 1.165) is 32.9 Å². The third kappa shape index (κ3) is 4.83. The molecule has 0 aromatic heterocycles. The Labute approximate surface area is 245 Å². The highest BCUT2D eigenvalue weighted by atomic mass is 28.3. The van der Waals surface area contributed by atoms with Gasteiger partial charge in [-0.15, -0.1) is 0 Å². The van der Waals surface area contributed by atoms with Crippen molar-refractivity contribution in [2.24, 2.45) is 0 Å². The molecular weight excluding hydrogens is 554 g/mol. The second kappa shape index (κ2) is 9.86. The lowest BCUT2D eigenvalue weighted by Crippen LogP contribution is -2.52. The third-order valence-electron chi connectivity index (χ3n) is 8.44. The van der Waals surface area contributed by atoms with E-state index in [1.54, 1.807) is 26.8 Å². The van der Waals surface area contributed by atoms with Crippen LogP contribution in [0, 0.1) is 0 Å². The minimum atomic E-state index is -2.40. The second-order valence-corrected chi connectivity index (χ2v) is 17.3. The molecule has 2 aromatic rings. The Balaban J connectivity index is 1.59. The minimum Gasteiger partial charge on any atom is -0.545 e. The Morgan fingerprint density at radius 3 is 2.33 bits per heavy atom. The molecule has 0 unspecified atom stereocenters. The molecule has 2 aromatic carbocycles. The van der Waals surface area contributed by atoms with E-state index in [9.17, 15) is 23.5 Å². The Morgan fingerprint density at radius 2 is 1.71 bits per heavy atom. The highest BCUT2D eigenvalue weighted by Gasteiger charge is 2.42. The van der Waals surface area contributed by atoms with Gasteiger partial charge in [-0.25, -0.2) is 18.2 Å². The van der Waals surface area contributed by atoms with Crippen molar-refractivity contribution in [1.82, 2.24) is 0 Å². The molecule has 0 saturated carbocycles. The van der Waals surface area contributed by atoms with Crippen molar-refractivity contribution in [2.45, 2.75) is 51.8 Å². The topological polar surface area (TPSA) is 72.7 Å². The number of hydrogen-bond donors (Lipinski definition) is 0. The van der Waals surface area contributed by atoms with E-state index in [4.69, 9.17) is 4.74 Å². The van der Waals surface area contributed by atoms with Crippen molar-refractivity contribution in [3.05, 3.63) is 87.6 Å². The van der Waals surface area contributed by atoms with Gasteiger partial charge in [-0.05, 0) is 83.8 Å². The average Bonchev–Trinajstić information content (AvgIpc) is 2.88. The Hall–Kier alpha value is -3.85. The average molecular weight is 589 g/mol. The number of aromatic carboxylic acids is 1. The van der Waals surface area contributed by atoms with Gasteiger partial charge in [0.05, 0.1) is 24.6 Å². The molecule has 3 heterocycles. The van der Waals surface area contributed by atoms with E-state index >= 15 is 0 Å². The number of fused-ring (bicyclic) bond motifs is 2. The van der Waals surface area contributed by atoms with Crippen LogP contribution in [0.25, 0.3) is 5.57 Å². The summed E-state index contributed by atoms with van der Waals surface area (Å²) in [5, 5.41) is 14.6. The maximum absolute atomic E-state index is 13.8. The minimum absolute atomic E-state index is 0.0326. The lowest BCUT2D eigenvalue weighted by molar-refractivity contribution is -0.599. The van der Waals surface area contributed by atoms with Gasteiger partial charge in [0.25, 0.3) is 0 Å². The molecule has 1 aliphatic carbocycles. The number of rotatable bonds is 4. The highest BCUT2D eigenvalue weighted by molar-refractivity contribution is 6.98. The van der Waals surface area contributed by atoms with Gasteiger partial charge in [0, 0.05) is 23.4 Å². The highest BCUT2D eigenvalue weighted by Crippen LogP contribution is 2.43. The van der Waals surface area contributed by atoms with Crippen LogP contribution in [-0.2, 0) is 4.74 Å². The first-order valence-corrected chi connectivity index (χ1v) is 17.3. The first-order valence-electron chi connectivity index (χ1n) is 14.3. The molecule has 3 aliphatic heterocycles. The zero-order valence-electron chi connectivity index (χ0n) is 24.5. The number of carbonyl (C=O) groups excluding carboxylic acids is 2. The summed E-state index contributed by atoms with van der Waals surface area (Å²) in [6, 6.07) is 10.5. The van der Waals surface area contributed by atoms with Gasteiger partial charge in [-0.3, -0.25) is 0 Å². The fourth-order valence-electron chi connectivity index (χ4n) is 6.17. The molecule has 218 valence electrons. The number of carboxylic acid groups (broad SMARTS) is 1. The molecule has 2 saturated heterocycles. The molecule has 6 rings (SSSR count). The van der Waals surface area contributed by atoms with Gasteiger partial charge in [-0.1, -0.05) is 25.2 Å². The molecule has 2 fully saturated rings. The number of halogens is 2. The van der Waals surface area contributed by atoms with Crippen molar-refractivity contribution < 1.29 is 32.8 Å². The normalized spacial score (nSPS) is 21.3. The number of benzene rings is 2. The first-order chi connectivity index (χ1) is 19.7. The van der Waals surface area contributed by atoms with Crippen LogP contribution in [0.4, 0.5) is 14.5 Å². The second-order valence-electron chi connectivity index (χ2n) is 13.0. The predicted octanol–water partition coefficient (Wildman–Crippen LogP) is 3.74. The quantitative estimate of drug-likeness (QED) is 0.309. The maximum Gasteiger partial charge on any atom is 0.338 e. The summed E-state index contributed by atoms with van der Waals surface area (Å²) in [6.07, 6.45) is 4.34. The maximum atomic E-state index is 13.8. The Bertz CT molecular complexity index is 1650. The SMILES string of the molecule is CC(C)(C)OC(=O)c1ccc(C(=O)[O-])c(C2=C3C=CC(=[N+]4CC(F)C4)C=C3[Si](C)(C)c3cc(N4CC(F)C4)ccc32)c1. The summed E-state index contributed by atoms with van der Waals surface area (Å²) in [6.45, 7) is 11.2. The molecule has 0 bridgehead atoms. The van der Waals surface area contributed by atoms with E-state index in [2.05, 4.69) is 25.2 Å². The van der Waals surface area contributed by atoms with Crippen LogP contribution in [-0.4, -0.2) is 74.4 Å². The van der Waals surface area contributed by atoms with Crippen LogP contribution in [0.5, 0.6) is 0 Å². The van der Waals surface area contributed by atoms with Crippen LogP contribution >= 0.6 is 0 Å². The van der Waals surface area contributed by atoms with Crippen LogP contribution < -0.4 is 15.2 Å². The number of nitrogens with zero attached hydrogens (tertiary/aromatic N) is 2. The Kier molecular flexibility index (Phi) is 6.64. The molecule has 0 N–H and O–H groups in total. The number of hydrogen-bond acceptors (Lipinski definition) is 5. The lowest BCUT2D eigenvalue weighted by atomic mass is 9.86. The van der Waals surface area contributed by atoms with Crippen molar-refractivity contribution in [2.75, 3.05) is 31.1 Å². The fraction of sp³-hybridized carbons (Fsp3) is 0.364. The fourth-order valence-corrected chi connectivity index (χ4v) is 9.24. The van der Waals surface area contributed by atoms with Gasteiger partial charge in [0.1, 0.15) is 19.8 Å². The van der Waals surface area contributed by atoms with Crippen molar-refractivity contribution >= 4 is 42.2 Å². The van der Waals surface area contributed by atoms with Crippen LogP contribution in [0.1, 0.15) is 52.6 Å². The molecule has 0 amide bonds. The molecule has 0 radical (unpaired) electrons. The number of anilines is 1. The number of allylic oxidation sites excluding steroid dienone is 5. The van der Waals surface area contributed by atoms with E-state index in [1.165, 1.54) is 12.1 Å². The number of alkyl halides is 2. The third-order valence-corrected chi connectivity index (χ3v) is 12.0. The largest absolute Gasteiger partial charge is 0.545 e. The zero-order valence-corrected chi connectivity index (χ0v) is 25.5. The summed E-state index contributed by atoms with van der Waals surface area (Å²) in [7, 11) is -2.40. The predicted molar refractivity (Wildman–Crippen MR) is 160 cm³/mol. The molecule has 0 spiro atoms. The van der Waals surface area contributed by atoms with Gasteiger partial charge in [-0.2, -0.15) is 0 Å². The van der Waals surface area contributed by atoms with Crippen molar-refractivity contribution in [1.29, 1.82) is 0 Å². The number of ether oxygens (including phenoxy) is 1. The Morgan fingerprint density at radius 1 is 1.00 bits per heavy atom. The van der Waals surface area contributed by atoms with Crippen molar-refractivity contribution in [3.63, 3.8) is 0 Å². The van der Waals surface area contributed by atoms with Crippen LogP contribution in [0.3, 0.4) is 0 Å². The van der Waals surface area contributed by atoms with E-state index < -0.39 is 38.0 Å². The molecule has 9 heteroatoms. The molecule has 0 atom stereocenters. The summed E-state index contributed by atoms with van der Waals surface area (Å²) >= 11 is 0. The number of carbonyl (C=O) groups is 2. The van der Waals surface area contributed by atoms with Gasteiger partial charge in [0.15, 0.2) is 18.8 Å². The monoisotopic (exact) mass is 588 g/mol. The van der Waals surface area contributed by atoms with Crippen molar-refractivity contribution in [3.8, 4) is 0 Å². The molecule has 6 nitrogen and oxygen atoms in total. The zero-order chi connectivity index (χ0) is 30.1. The standard InChI is InChI=1S/C33H34F2N2O4Si/c1-33(2,3)41-32(40)19-6-9-24(31(38)39)27(12-19)30-25-10-7-22(36-15-20(34)16-36)13-28(25)42(4,5)29-14-23(8-11-26(29)30)37-17-21(35)18-37/h6-14,20-21H,15-18H2,1-5H3. The molecular formula is C33H34F2N2O4Si. The molecule has 42 heavy (non-hydrogen) atoms. The van der Waals surface area contributed by atoms with E-state index in [-0.39, 0.29) is 11.1 Å². The smallest absolute Gasteiger partial charge is 0.338 e. The van der Waals surface area contributed by atoms with Crippen LogP contribution in [0.2, 0.25) is 13.1 Å². The summed E-state index contributed by atoms with van der Waals surface area (Å²) in [5.41, 5.74) is 4.14. The molecule has 4 aliphatic rings. The van der Waals surface area contributed by atoms with E-state index in [1.807, 2.05) is 33.8 Å². The summed E-state index contributed by atoms with van der Waals surface area (Å²) < 4.78 is 35.1. The van der Waals surface area contributed by atoms with Gasteiger partial charge >= 0.3 is 5.97 Å². The van der Waals surface area contributed by atoms with E-state index in [0.29, 0.717) is 37.3 Å². The van der Waals surface area contributed by atoms with Gasteiger partial charge in [0.2, 0.25) is 6.17 Å². The summed E-state index contributed by atoms with van der Waals surface area (Å²) in [4.78, 5) is 27.5. The first kappa shape index (κ1) is 28.3. The summed E-state index contributed by atoms with van der Waals surface area (Å²) in [5.74, 6) is -1.90. The van der Waals surface area contributed by atoms with Crippen LogP contribution in [0.15, 0.2) is 65.4 Å². The van der Waals surface area contributed by atoms with Gasteiger partial charge < -0.3 is 19.5 Å².